The summed E-state index contributed by atoms with van der Waals surface area (Å²) in [7, 11) is -4.72. The molecule has 0 heterocycles. The van der Waals surface area contributed by atoms with Gasteiger partial charge in [-0.25, -0.2) is 4.57 Å². The lowest BCUT2D eigenvalue weighted by atomic mass is 10.0. The maximum atomic E-state index is 12.6. The van der Waals surface area contributed by atoms with Crippen molar-refractivity contribution in [1.82, 2.24) is 0 Å². The first kappa shape index (κ1) is 54.4. The number of rotatable bonds is 41. The molecule has 0 amide bonds. The number of phosphoric acid groups is 1. The van der Waals surface area contributed by atoms with Gasteiger partial charge in [-0.15, -0.1) is 0 Å². The Morgan fingerprint density at radius 3 is 1.47 bits per heavy atom. The number of ether oxygens (including phenoxy) is 2. The number of allylic oxidation sites excluding steroid dienone is 8. The van der Waals surface area contributed by atoms with Crippen LogP contribution in [0.25, 0.3) is 0 Å². The average Bonchev–Trinajstić information content (AvgIpc) is 3.19. The molecule has 57 heavy (non-hydrogen) atoms. The van der Waals surface area contributed by atoms with E-state index >= 15 is 0 Å². The summed E-state index contributed by atoms with van der Waals surface area (Å²) in [5, 5.41) is 8.89. The van der Waals surface area contributed by atoms with E-state index < -0.39 is 51.1 Å². The van der Waals surface area contributed by atoms with Crippen LogP contribution in [-0.2, 0) is 37.5 Å². The smallest absolute Gasteiger partial charge is 0.472 e. The lowest BCUT2D eigenvalue weighted by molar-refractivity contribution is -0.161. The fourth-order valence-corrected chi connectivity index (χ4v) is 6.74. The molecule has 0 fully saturated rings. The molecule has 0 aliphatic rings. The second kappa shape index (κ2) is 40.2. The predicted octanol–water partition coefficient (Wildman–Crippen LogP) is 11.8. The van der Waals surface area contributed by atoms with Crippen molar-refractivity contribution >= 4 is 25.7 Å². The molecule has 0 saturated heterocycles. The standard InChI is InChI=1S/C45H80NO10P/c1-3-5-7-9-11-13-15-17-19-20-21-23-24-26-28-30-32-34-36-43(47)53-38-41(39-54-57(51,52)55-40-42(46)45(49)50)56-44(48)37-35-33-31-29-27-25-22-18-16-14-12-10-8-6-4-2/h6,8,10,12,14,16,18,22,41-42H,3-5,7,9,11,13,15,17,19-21,23-40,46H2,1-2H3,(H,49,50)(H,51,52)/b8-6+,12-10+,16-14+,22-18+/t41-,42+/m1/s1. The Balaban J connectivity index is 4.35. The highest BCUT2D eigenvalue weighted by molar-refractivity contribution is 7.47. The molecule has 0 rings (SSSR count). The van der Waals surface area contributed by atoms with Gasteiger partial charge >= 0.3 is 25.7 Å². The number of carbonyl (C=O) groups is 3. The number of hydrogen-bond acceptors (Lipinski definition) is 9. The Hall–Kier alpha value is -2.56. The number of nitrogens with two attached hydrogens (primary N) is 1. The fraction of sp³-hybridized carbons (Fsp3) is 0.756. The molecule has 3 atom stereocenters. The summed E-state index contributed by atoms with van der Waals surface area (Å²) in [6.45, 7) is 2.65. The van der Waals surface area contributed by atoms with E-state index in [1.807, 2.05) is 36.5 Å². The third-order valence-corrected chi connectivity index (χ3v) is 10.4. The van der Waals surface area contributed by atoms with Gasteiger partial charge in [0.2, 0.25) is 0 Å². The van der Waals surface area contributed by atoms with Gasteiger partial charge in [-0.1, -0.05) is 191 Å². The molecule has 1 unspecified atom stereocenters. The first-order valence-corrected chi connectivity index (χ1v) is 23.7. The van der Waals surface area contributed by atoms with Crippen molar-refractivity contribution in [3.63, 3.8) is 0 Å². The minimum atomic E-state index is -4.72. The van der Waals surface area contributed by atoms with E-state index in [2.05, 4.69) is 30.5 Å². The van der Waals surface area contributed by atoms with Crippen molar-refractivity contribution in [2.75, 3.05) is 19.8 Å². The van der Waals surface area contributed by atoms with Crippen molar-refractivity contribution in [2.45, 2.75) is 199 Å². The second-order valence-electron chi connectivity index (χ2n) is 14.9. The number of unbranched alkanes of at least 4 members (excludes halogenated alkanes) is 22. The van der Waals surface area contributed by atoms with E-state index in [0.29, 0.717) is 12.8 Å². The Bertz CT molecular complexity index is 1150. The summed E-state index contributed by atoms with van der Waals surface area (Å²) < 4.78 is 32.7. The van der Waals surface area contributed by atoms with Crippen molar-refractivity contribution in [2.24, 2.45) is 5.73 Å². The van der Waals surface area contributed by atoms with Crippen LogP contribution in [0.2, 0.25) is 0 Å². The number of carboxylic acids is 1. The van der Waals surface area contributed by atoms with Gasteiger partial charge in [0, 0.05) is 12.8 Å². The molecule has 0 aromatic heterocycles. The van der Waals surface area contributed by atoms with Crippen LogP contribution >= 0.6 is 7.82 Å². The van der Waals surface area contributed by atoms with Gasteiger partial charge in [0.1, 0.15) is 12.6 Å². The third kappa shape index (κ3) is 40.0. The number of carboxylic acid groups (broad SMARTS) is 1. The molecule has 0 aromatic rings. The van der Waals surface area contributed by atoms with Crippen LogP contribution in [0.4, 0.5) is 0 Å². The van der Waals surface area contributed by atoms with Crippen molar-refractivity contribution < 1.29 is 47.5 Å². The van der Waals surface area contributed by atoms with Crippen molar-refractivity contribution in [3.8, 4) is 0 Å². The van der Waals surface area contributed by atoms with E-state index in [4.69, 9.17) is 24.8 Å². The summed E-state index contributed by atoms with van der Waals surface area (Å²) in [6.07, 6.45) is 44.6. The Labute approximate surface area is 345 Å². The van der Waals surface area contributed by atoms with Crippen LogP contribution in [0.5, 0.6) is 0 Å². The highest BCUT2D eigenvalue weighted by atomic mass is 31.2. The first-order chi connectivity index (χ1) is 27.6. The van der Waals surface area contributed by atoms with Gasteiger partial charge in [0.25, 0.3) is 0 Å². The third-order valence-electron chi connectivity index (χ3n) is 9.44. The molecule has 12 heteroatoms. The predicted molar refractivity (Wildman–Crippen MR) is 231 cm³/mol. The molecule has 0 bridgehead atoms. The number of hydrogen-bond donors (Lipinski definition) is 3. The largest absolute Gasteiger partial charge is 0.480 e. The Kier molecular flexibility index (Phi) is 38.4. The van der Waals surface area contributed by atoms with Crippen LogP contribution in [-0.4, -0.2) is 59.9 Å². The molecule has 0 aliphatic heterocycles. The van der Waals surface area contributed by atoms with Gasteiger partial charge in [-0.2, -0.15) is 0 Å². The van der Waals surface area contributed by atoms with Crippen LogP contribution in [0.15, 0.2) is 48.6 Å². The highest BCUT2D eigenvalue weighted by Crippen LogP contribution is 2.43. The van der Waals surface area contributed by atoms with Crippen LogP contribution in [0.1, 0.15) is 187 Å². The summed E-state index contributed by atoms with van der Waals surface area (Å²) in [5.41, 5.74) is 5.33. The summed E-state index contributed by atoms with van der Waals surface area (Å²) in [6, 6.07) is -1.53. The van der Waals surface area contributed by atoms with Crippen LogP contribution in [0.3, 0.4) is 0 Å². The summed E-state index contributed by atoms with van der Waals surface area (Å²) >= 11 is 0. The zero-order chi connectivity index (χ0) is 42.1. The molecular weight excluding hydrogens is 745 g/mol. The molecular formula is C45H80NO10P. The van der Waals surface area contributed by atoms with Crippen molar-refractivity contribution in [1.29, 1.82) is 0 Å². The lowest BCUT2D eigenvalue weighted by Crippen LogP contribution is -2.34. The molecule has 0 aromatic carbocycles. The van der Waals surface area contributed by atoms with Gasteiger partial charge in [-0.3, -0.25) is 23.4 Å². The van der Waals surface area contributed by atoms with E-state index in [0.717, 1.165) is 57.8 Å². The van der Waals surface area contributed by atoms with Crippen molar-refractivity contribution in [3.05, 3.63) is 48.6 Å². The van der Waals surface area contributed by atoms with E-state index in [1.165, 1.54) is 89.9 Å². The minimum Gasteiger partial charge on any atom is -0.480 e. The summed E-state index contributed by atoms with van der Waals surface area (Å²) in [5.74, 6) is -2.41. The van der Waals surface area contributed by atoms with Crippen LogP contribution < -0.4 is 5.73 Å². The van der Waals surface area contributed by atoms with Gasteiger partial charge in [-0.05, 0) is 32.1 Å². The Morgan fingerprint density at radius 1 is 0.561 bits per heavy atom. The normalized spacial score (nSPS) is 14.2. The zero-order valence-corrected chi connectivity index (χ0v) is 36.6. The zero-order valence-electron chi connectivity index (χ0n) is 35.7. The molecule has 4 N–H and O–H groups in total. The van der Waals surface area contributed by atoms with E-state index in [-0.39, 0.29) is 19.4 Å². The lowest BCUT2D eigenvalue weighted by Gasteiger charge is -2.20. The Morgan fingerprint density at radius 2 is 0.982 bits per heavy atom. The number of carbonyl (C=O) groups excluding carboxylic acids is 2. The maximum Gasteiger partial charge on any atom is 0.472 e. The topological polar surface area (TPSA) is 172 Å². The first-order valence-electron chi connectivity index (χ1n) is 22.2. The molecule has 0 aliphatic carbocycles. The molecule has 0 radical (unpaired) electrons. The molecule has 0 saturated carbocycles. The molecule has 0 spiro atoms. The number of esters is 2. The monoisotopic (exact) mass is 826 g/mol. The van der Waals surface area contributed by atoms with Gasteiger partial charge < -0.3 is 25.2 Å². The molecule has 330 valence electrons. The SMILES string of the molecule is CC/C=C/C=C/C=C/C=C/CCCCCCCC(=O)O[C@H](COC(=O)CCCCCCCCCCCCCCCCCCCC)COP(=O)(O)OC[C@H](N)C(=O)O. The minimum absolute atomic E-state index is 0.135. The van der Waals surface area contributed by atoms with E-state index in [9.17, 15) is 23.8 Å². The summed E-state index contributed by atoms with van der Waals surface area (Å²) in [4.78, 5) is 46.0. The van der Waals surface area contributed by atoms with Gasteiger partial charge in [0.05, 0.1) is 13.2 Å². The van der Waals surface area contributed by atoms with E-state index in [1.54, 1.807) is 0 Å². The quantitative estimate of drug-likeness (QED) is 0.0232. The fourth-order valence-electron chi connectivity index (χ4n) is 5.96. The maximum absolute atomic E-state index is 12.6. The van der Waals surface area contributed by atoms with Crippen LogP contribution in [0, 0.1) is 0 Å². The van der Waals surface area contributed by atoms with Gasteiger partial charge in [0.15, 0.2) is 6.10 Å². The highest BCUT2D eigenvalue weighted by Gasteiger charge is 2.28. The number of phosphoric ester groups is 1. The second-order valence-corrected chi connectivity index (χ2v) is 16.4. The number of aliphatic carboxylic acids is 1. The molecule has 11 nitrogen and oxygen atoms in total. The average molecular weight is 826 g/mol.